The van der Waals surface area contributed by atoms with Gasteiger partial charge in [-0.2, -0.15) is 11.8 Å². The van der Waals surface area contributed by atoms with Crippen molar-refractivity contribution < 1.29 is 34.5 Å². The van der Waals surface area contributed by atoms with E-state index in [1.807, 2.05) is 44.7 Å². The first-order valence-corrected chi connectivity index (χ1v) is 16.1. The molecule has 45 heavy (non-hydrogen) atoms. The molecule has 2 fully saturated rings. The van der Waals surface area contributed by atoms with Gasteiger partial charge in [0.05, 0.1) is 6.04 Å². The minimum Gasteiger partial charge on any atom is -0.481 e. The lowest BCUT2D eigenvalue weighted by Crippen LogP contribution is -2.48. The predicted octanol–water partition coefficient (Wildman–Crippen LogP) is 3.38. The first kappa shape index (κ1) is 32.4. The van der Waals surface area contributed by atoms with E-state index < -0.39 is 29.6 Å². The van der Waals surface area contributed by atoms with Crippen molar-refractivity contribution in [1.29, 1.82) is 0 Å². The molecule has 240 valence electrons. The third kappa shape index (κ3) is 6.39. The zero-order chi connectivity index (χ0) is 32.8. The standard InChI is InChI=1S/C33H40N4O7S/c1-6-19-18(5)33(44,37-32(19)43)13-26-16(3)21(8-10-29(40)41)24(35-26)12-23-20(7-9-28(38)39)15(2)22(34-23)11-25-30(27-14-45-27)17(4)31(42)36-25/h6,11-12,17,26-27,30,34-35,44H,1,7-10,13-14H2,2-5H3,(H,36,42)(H,37,43)(H,38,39)(H,40,41)/b24-12-,25-11-/t17-,26?,27-,30-,33+/m1/s1. The van der Waals surface area contributed by atoms with Gasteiger partial charge < -0.3 is 36.3 Å². The summed E-state index contributed by atoms with van der Waals surface area (Å²) in [7, 11) is 0. The fourth-order valence-corrected chi connectivity index (χ4v) is 7.59. The predicted molar refractivity (Wildman–Crippen MR) is 172 cm³/mol. The summed E-state index contributed by atoms with van der Waals surface area (Å²) in [4.78, 5) is 51.6. The Balaban J connectivity index is 1.53. The molecule has 4 aliphatic heterocycles. The Morgan fingerprint density at radius 1 is 1.07 bits per heavy atom. The molecule has 0 bridgehead atoms. The molecule has 1 aromatic heterocycles. The van der Waals surface area contributed by atoms with Crippen LogP contribution < -0.4 is 16.0 Å². The van der Waals surface area contributed by atoms with E-state index in [0.29, 0.717) is 27.8 Å². The van der Waals surface area contributed by atoms with Crippen LogP contribution in [-0.2, 0) is 25.6 Å². The van der Waals surface area contributed by atoms with E-state index in [1.165, 1.54) is 6.08 Å². The van der Waals surface area contributed by atoms with Gasteiger partial charge in [-0.3, -0.25) is 19.2 Å². The minimum absolute atomic E-state index is 0.00770. The molecule has 2 amide bonds. The quantitative estimate of drug-likeness (QED) is 0.169. The molecule has 12 heteroatoms. The van der Waals surface area contributed by atoms with Crippen molar-refractivity contribution in [3.8, 4) is 0 Å². The van der Waals surface area contributed by atoms with Crippen LogP contribution in [0.25, 0.3) is 12.2 Å². The highest BCUT2D eigenvalue weighted by molar-refractivity contribution is 8.06. The molecule has 0 aliphatic carbocycles. The molecule has 1 aromatic rings. The topological polar surface area (TPSA) is 181 Å². The summed E-state index contributed by atoms with van der Waals surface area (Å²) in [5.41, 5.74) is 5.43. The zero-order valence-corrected chi connectivity index (χ0v) is 26.7. The Bertz CT molecular complexity index is 1610. The first-order chi connectivity index (χ1) is 21.2. The van der Waals surface area contributed by atoms with Crippen LogP contribution >= 0.6 is 11.8 Å². The largest absolute Gasteiger partial charge is 0.481 e. The number of H-pyrrole nitrogens is 1. The molecule has 5 heterocycles. The summed E-state index contributed by atoms with van der Waals surface area (Å²) in [5.74, 6) is -1.34. The lowest BCUT2D eigenvalue weighted by atomic mass is 9.91. The summed E-state index contributed by atoms with van der Waals surface area (Å²) in [6, 6.07) is -0.420. The fourth-order valence-electron chi connectivity index (χ4n) is 6.68. The molecule has 11 nitrogen and oxygen atoms in total. The number of hydrogen-bond donors (Lipinski definition) is 7. The number of aromatic amines is 1. The van der Waals surface area contributed by atoms with E-state index in [1.54, 1.807) is 6.92 Å². The van der Waals surface area contributed by atoms with Gasteiger partial charge in [-0.25, -0.2) is 0 Å². The summed E-state index contributed by atoms with van der Waals surface area (Å²) >= 11 is 1.83. The fraction of sp³-hybridized carbons (Fsp3) is 0.455. The van der Waals surface area contributed by atoms with Crippen LogP contribution in [0.2, 0.25) is 0 Å². The normalized spacial score (nSPS) is 29.4. The monoisotopic (exact) mass is 636 g/mol. The van der Waals surface area contributed by atoms with Crippen molar-refractivity contribution in [2.45, 2.75) is 76.8 Å². The third-order valence-electron chi connectivity index (χ3n) is 9.50. The van der Waals surface area contributed by atoms with Crippen LogP contribution in [0.1, 0.15) is 69.0 Å². The second-order valence-corrected chi connectivity index (χ2v) is 13.6. The van der Waals surface area contributed by atoms with Gasteiger partial charge in [0, 0.05) is 70.5 Å². The Morgan fingerprint density at radius 3 is 2.33 bits per heavy atom. The number of hydrogen-bond acceptors (Lipinski definition) is 7. The summed E-state index contributed by atoms with van der Waals surface area (Å²) in [6.45, 7) is 11.1. The van der Waals surface area contributed by atoms with Crippen molar-refractivity contribution in [3.05, 3.63) is 68.9 Å². The molecule has 0 spiro atoms. The van der Waals surface area contributed by atoms with Crippen LogP contribution in [-0.4, -0.2) is 66.8 Å². The maximum absolute atomic E-state index is 12.6. The Kier molecular flexibility index (Phi) is 8.92. The van der Waals surface area contributed by atoms with Crippen LogP contribution in [0.15, 0.2) is 46.3 Å². The third-order valence-corrected chi connectivity index (χ3v) is 10.5. The number of carbonyl (C=O) groups is 4. The van der Waals surface area contributed by atoms with Gasteiger partial charge in [-0.15, -0.1) is 0 Å². The molecule has 4 aliphatic rings. The van der Waals surface area contributed by atoms with Gasteiger partial charge in [0.1, 0.15) is 0 Å². The molecule has 0 saturated carbocycles. The van der Waals surface area contributed by atoms with Gasteiger partial charge in [0.25, 0.3) is 5.91 Å². The Labute approximate surface area is 266 Å². The molecule has 2 saturated heterocycles. The minimum atomic E-state index is -1.61. The van der Waals surface area contributed by atoms with Crippen molar-refractivity contribution in [2.75, 3.05) is 5.75 Å². The molecule has 7 N–H and O–H groups in total. The maximum Gasteiger partial charge on any atom is 0.303 e. The highest BCUT2D eigenvalue weighted by Crippen LogP contribution is 2.46. The van der Waals surface area contributed by atoms with Gasteiger partial charge in [0.2, 0.25) is 5.91 Å². The van der Waals surface area contributed by atoms with Crippen molar-refractivity contribution in [3.63, 3.8) is 0 Å². The highest BCUT2D eigenvalue weighted by Gasteiger charge is 2.46. The van der Waals surface area contributed by atoms with E-state index in [4.69, 9.17) is 0 Å². The number of carbonyl (C=O) groups excluding carboxylic acids is 2. The smallest absolute Gasteiger partial charge is 0.303 e. The van der Waals surface area contributed by atoms with E-state index in [9.17, 15) is 34.5 Å². The lowest BCUT2D eigenvalue weighted by Gasteiger charge is -2.29. The number of rotatable bonds is 12. The SMILES string of the molecule is C=CC1=C(C)[C@@](O)(CC2N/C(=C\c3[nH]c(/C=C4\NC(=O)[C@H](C)[C@H]4[C@H]4CS4)c(C)c3CCC(=O)O)C(CCC(=O)O)=C2C)NC1=O. The summed E-state index contributed by atoms with van der Waals surface area (Å²) in [5, 5.41) is 39.9. The number of allylic oxidation sites excluding steroid dienone is 2. The summed E-state index contributed by atoms with van der Waals surface area (Å²) < 4.78 is 0. The highest BCUT2D eigenvalue weighted by atomic mass is 32.2. The molecule has 0 radical (unpaired) electrons. The number of aliphatic carboxylic acids is 2. The molecule has 0 aromatic carbocycles. The van der Waals surface area contributed by atoms with Crippen LogP contribution in [0.4, 0.5) is 0 Å². The maximum atomic E-state index is 12.6. The Hall–Kier alpha value is -4.03. The lowest BCUT2D eigenvalue weighted by molar-refractivity contribution is -0.138. The molecule has 5 rings (SSSR count). The number of aromatic nitrogens is 1. The van der Waals surface area contributed by atoms with Crippen molar-refractivity contribution >= 4 is 47.7 Å². The van der Waals surface area contributed by atoms with E-state index >= 15 is 0 Å². The first-order valence-electron chi connectivity index (χ1n) is 15.1. The van der Waals surface area contributed by atoms with E-state index in [-0.39, 0.29) is 49.8 Å². The number of thioether (sulfide) groups is 1. The number of carboxylic acids is 2. The zero-order valence-electron chi connectivity index (χ0n) is 25.9. The Morgan fingerprint density at radius 2 is 1.73 bits per heavy atom. The van der Waals surface area contributed by atoms with Crippen LogP contribution in [0.3, 0.4) is 0 Å². The molecule has 1 unspecified atom stereocenters. The summed E-state index contributed by atoms with van der Waals surface area (Å²) in [6.07, 6.45) is 5.65. The van der Waals surface area contributed by atoms with E-state index in [0.717, 1.165) is 39.4 Å². The van der Waals surface area contributed by atoms with Gasteiger partial charge in [-0.1, -0.05) is 19.6 Å². The molecular weight excluding hydrogens is 596 g/mol. The average Bonchev–Trinajstić information content (AvgIpc) is 3.57. The van der Waals surface area contributed by atoms with Gasteiger partial charge in [0.15, 0.2) is 5.72 Å². The van der Waals surface area contributed by atoms with Gasteiger partial charge >= 0.3 is 11.9 Å². The number of amides is 2. The number of nitrogens with one attached hydrogen (secondary N) is 4. The second kappa shape index (κ2) is 12.4. The number of carboxylic acid groups (broad SMARTS) is 2. The van der Waals surface area contributed by atoms with Crippen molar-refractivity contribution in [2.24, 2.45) is 11.8 Å². The second-order valence-electron chi connectivity index (χ2n) is 12.3. The van der Waals surface area contributed by atoms with Gasteiger partial charge in [-0.05, 0) is 73.6 Å². The van der Waals surface area contributed by atoms with E-state index in [2.05, 4.69) is 27.5 Å². The van der Waals surface area contributed by atoms with Crippen molar-refractivity contribution in [1.82, 2.24) is 20.9 Å². The van der Waals surface area contributed by atoms with Crippen LogP contribution in [0.5, 0.6) is 0 Å². The van der Waals surface area contributed by atoms with Crippen LogP contribution in [0, 0.1) is 18.8 Å². The molecular formula is C33H40N4O7S. The number of aliphatic hydroxyl groups is 1. The average molecular weight is 637 g/mol. The molecule has 5 atom stereocenters.